The molecule has 0 aliphatic carbocycles. The zero-order valence-corrected chi connectivity index (χ0v) is 12.6. The Hall–Kier alpha value is -2.66. The van der Waals surface area contributed by atoms with Gasteiger partial charge in [-0.15, -0.1) is 0 Å². The third kappa shape index (κ3) is 2.59. The van der Waals surface area contributed by atoms with Crippen LogP contribution >= 0.6 is 0 Å². The van der Waals surface area contributed by atoms with Gasteiger partial charge in [0.15, 0.2) is 12.1 Å². The van der Waals surface area contributed by atoms with Crippen LogP contribution in [0.4, 0.5) is 0 Å². The molecule has 2 aromatic carbocycles. The van der Waals surface area contributed by atoms with Crippen LogP contribution in [0.1, 0.15) is 23.2 Å². The van der Waals surface area contributed by atoms with Crippen molar-refractivity contribution in [2.24, 2.45) is 0 Å². The van der Waals surface area contributed by atoms with E-state index in [1.54, 1.807) is 24.3 Å². The van der Waals surface area contributed by atoms with Crippen LogP contribution in [0.3, 0.4) is 0 Å². The van der Waals surface area contributed by atoms with E-state index in [9.17, 15) is 14.7 Å². The third-order valence-corrected chi connectivity index (χ3v) is 4.07. The molecule has 23 heavy (non-hydrogen) atoms. The topological polar surface area (TPSA) is 66.8 Å². The molecule has 118 valence electrons. The van der Waals surface area contributed by atoms with Gasteiger partial charge in [-0.3, -0.25) is 4.79 Å². The molecule has 5 heteroatoms. The first-order valence-electron chi connectivity index (χ1n) is 7.33. The summed E-state index contributed by atoms with van der Waals surface area (Å²) in [6, 6.07) is 16.7. The monoisotopic (exact) mass is 311 g/mol. The van der Waals surface area contributed by atoms with Crippen LogP contribution in [0.2, 0.25) is 0 Å². The van der Waals surface area contributed by atoms with Crippen LogP contribution in [-0.4, -0.2) is 35.1 Å². The molecule has 1 saturated heterocycles. The van der Waals surface area contributed by atoms with Gasteiger partial charge in [0, 0.05) is 0 Å². The number of β-lactam (4-membered cyclic amide) rings is 1. The molecule has 1 amide bonds. The molecule has 1 N–H and O–H groups in total. The van der Waals surface area contributed by atoms with E-state index in [2.05, 4.69) is 0 Å². The number of carbonyl (C=O) groups is 2. The minimum Gasteiger partial charge on any atom is -0.467 e. The Morgan fingerprint density at radius 1 is 1.09 bits per heavy atom. The third-order valence-electron chi connectivity index (χ3n) is 4.07. The molecule has 1 heterocycles. The molecule has 0 radical (unpaired) electrons. The Morgan fingerprint density at radius 3 is 2.22 bits per heavy atom. The molecule has 0 aromatic heterocycles. The summed E-state index contributed by atoms with van der Waals surface area (Å²) in [4.78, 5) is 25.9. The van der Waals surface area contributed by atoms with Crippen molar-refractivity contribution in [1.29, 1.82) is 0 Å². The van der Waals surface area contributed by atoms with Crippen molar-refractivity contribution in [2.75, 3.05) is 7.11 Å². The second kappa shape index (κ2) is 6.22. The zero-order valence-electron chi connectivity index (χ0n) is 12.6. The van der Waals surface area contributed by atoms with Crippen molar-refractivity contribution in [2.45, 2.75) is 18.2 Å². The minimum absolute atomic E-state index is 0.474. The summed E-state index contributed by atoms with van der Waals surface area (Å²) < 4.78 is 4.88. The lowest BCUT2D eigenvalue weighted by atomic mass is 9.87. The summed E-state index contributed by atoms with van der Waals surface area (Å²) in [5.41, 5.74) is 1.44. The summed E-state index contributed by atoms with van der Waals surface area (Å²) in [5, 5.41) is 10.1. The van der Waals surface area contributed by atoms with E-state index in [1.165, 1.54) is 12.0 Å². The largest absolute Gasteiger partial charge is 0.467 e. The molecular weight excluding hydrogens is 294 g/mol. The van der Waals surface area contributed by atoms with Gasteiger partial charge in [0.2, 0.25) is 0 Å². The van der Waals surface area contributed by atoms with E-state index in [1.807, 2.05) is 36.4 Å². The van der Waals surface area contributed by atoms with Crippen LogP contribution in [0.15, 0.2) is 60.7 Å². The van der Waals surface area contributed by atoms with Crippen molar-refractivity contribution in [3.8, 4) is 0 Å². The number of ether oxygens (including phenoxy) is 1. The highest BCUT2D eigenvalue weighted by atomic mass is 16.5. The van der Waals surface area contributed by atoms with Crippen LogP contribution in [-0.2, 0) is 14.3 Å². The van der Waals surface area contributed by atoms with Gasteiger partial charge in [0.25, 0.3) is 5.91 Å². The summed E-state index contributed by atoms with van der Waals surface area (Å²) in [6.07, 6.45) is -1.15. The average molecular weight is 311 g/mol. The van der Waals surface area contributed by atoms with Crippen LogP contribution in [0.5, 0.6) is 0 Å². The van der Waals surface area contributed by atoms with Crippen LogP contribution < -0.4 is 0 Å². The molecular formula is C18H17NO4. The molecule has 3 atom stereocenters. The maximum absolute atomic E-state index is 12.3. The van der Waals surface area contributed by atoms with Crippen LogP contribution in [0.25, 0.3) is 0 Å². The van der Waals surface area contributed by atoms with E-state index in [0.29, 0.717) is 5.56 Å². The second-order valence-corrected chi connectivity index (χ2v) is 5.38. The van der Waals surface area contributed by atoms with Gasteiger partial charge in [0.1, 0.15) is 0 Å². The second-order valence-electron chi connectivity index (χ2n) is 5.38. The van der Waals surface area contributed by atoms with Crippen molar-refractivity contribution in [3.63, 3.8) is 0 Å². The van der Waals surface area contributed by atoms with Crippen LogP contribution in [0, 0.1) is 0 Å². The van der Waals surface area contributed by atoms with Crippen molar-refractivity contribution < 1.29 is 19.4 Å². The van der Waals surface area contributed by atoms with Crippen molar-refractivity contribution in [1.82, 2.24) is 4.90 Å². The maximum atomic E-state index is 12.3. The number of carbonyl (C=O) groups excluding carboxylic acids is 2. The lowest BCUT2D eigenvalue weighted by Gasteiger charge is -2.48. The molecule has 2 aromatic rings. The molecule has 1 aliphatic rings. The molecule has 5 nitrogen and oxygen atoms in total. The Labute approximate surface area is 134 Å². The quantitative estimate of drug-likeness (QED) is 0.691. The Balaban J connectivity index is 2.01. The van der Waals surface area contributed by atoms with E-state index >= 15 is 0 Å². The molecule has 3 unspecified atom stereocenters. The first-order valence-corrected chi connectivity index (χ1v) is 7.33. The number of nitrogens with zero attached hydrogens (tertiary/aromatic N) is 1. The number of rotatable bonds is 4. The minimum atomic E-state index is -1.15. The Kier molecular flexibility index (Phi) is 4.12. The Bertz CT molecular complexity index is 701. The van der Waals surface area contributed by atoms with Gasteiger partial charge in [-0.05, 0) is 11.1 Å². The predicted molar refractivity (Wildman–Crippen MR) is 83.2 cm³/mol. The molecule has 0 saturated carbocycles. The summed E-state index contributed by atoms with van der Waals surface area (Å²) in [5.74, 6) is -1.00. The number of aliphatic hydroxyl groups is 1. The Morgan fingerprint density at radius 2 is 1.65 bits per heavy atom. The highest BCUT2D eigenvalue weighted by Gasteiger charge is 2.52. The fourth-order valence-electron chi connectivity index (χ4n) is 2.93. The maximum Gasteiger partial charge on any atom is 0.333 e. The average Bonchev–Trinajstić information content (AvgIpc) is 2.62. The molecule has 1 fully saturated rings. The SMILES string of the molecule is COC(=O)C(c1ccccc1)N1C(=O)C(O)C1c1ccccc1. The standard InChI is InChI=1S/C18H17NO4/c1-23-18(22)15(13-10-6-3-7-11-13)19-14(16(20)17(19)21)12-8-4-2-5-9-12/h2-11,14-16,20H,1H3. The lowest BCUT2D eigenvalue weighted by molar-refractivity contribution is -0.181. The number of hydrogen-bond acceptors (Lipinski definition) is 4. The summed E-state index contributed by atoms with van der Waals surface area (Å²) >= 11 is 0. The highest BCUT2D eigenvalue weighted by molar-refractivity contribution is 5.93. The van der Waals surface area contributed by atoms with E-state index < -0.39 is 30.1 Å². The van der Waals surface area contributed by atoms with Gasteiger partial charge in [0.05, 0.1) is 13.2 Å². The van der Waals surface area contributed by atoms with Gasteiger partial charge >= 0.3 is 5.97 Å². The smallest absolute Gasteiger partial charge is 0.333 e. The van der Waals surface area contributed by atoms with E-state index in [-0.39, 0.29) is 0 Å². The first kappa shape index (κ1) is 15.2. The first-order chi connectivity index (χ1) is 11.1. The fourth-order valence-corrected chi connectivity index (χ4v) is 2.93. The normalized spacial score (nSPS) is 21.5. The van der Waals surface area contributed by atoms with Crippen molar-refractivity contribution >= 4 is 11.9 Å². The van der Waals surface area contributed by atoms with E-state index in [4.69, 9.17) is 4.74 Å². The lowest BCUT2D eigenvalue weighted by Crippen LogP contribution is -2.61. The predicted octanol–water partition coefficient (Wildman–Crippen LogP) is 1.85. The number of aliphatic hydroxyl groups excluding tert-OH is 1. The number of amides is 1. The number of esters is 1. The molecule has 1 aliphatic heterocycles. The summed E-state index contributed by atoms with van der Waals surface area (Å²) in [7, 11) is 1.29. The van der Waals surface area contributed by atoms with Crippen molar-refractivity contribution in [3.05, 3.63) is 71.8 Å². The number of benzene rings is 2. The van der Waals surface area contributed by atoms with E-state index in [0.717, 1.165) is 5.56 Å². The fraction of sp³-hybridized carbons (Fsp3) is 0.222. The van der Waals surface area contributed by atoms with Gasteiger partial charge in [-0.1, -0.05) is 60.7 Å². The zero-order chi connectivity index (χ0) is 16.4. The van der Waals surface area contributed by atoms with Gasteiger partial charge in [-0.25, -0.2) is 4.79 Å². The number of hydrogen-bond donors (Lipinski definition) is 1. The number of likely N-dealkylation sites (tertiary alicyclic amines) is 1. The molecule has 0 bridgehead atoms. The summed E-state index contributed by atoms with van der Waals surface area (Å²) in [6.45, 7) is 0. The van der Waals surface area contributed by atoms with Gasteiger partial charge < -0.3 is 14.7 Å². The van der Waals surface area contributed by atoms with Gasteiger partial charge in [-0.2, -0.15) is 0 Å². The number of methoxy groups -OCH3 is 1. The molecule has 3 rings (SSSR count). The molecule has 0 spiro atoms. The highest BCUT2D eigenvalue weighted by Crippen LogP contribution is 2.42.